The molecule has 1 N–H and O–H groups in total. The second kappa shape index (κ2) is 5.20. The van der Waals surface area contributed by atoms with E-state index in [1.54, 1.807) is 0 Å². The van der Waals surface area contributed by atoms with Crippen LogP contribution in [0.15, 0.2) is 48.5 Å². The summed E-state index contributed by atoms with van der Waals surface area (Å²) in [6.07, 6.45) is 0. The molecule has 0 spiro atoms. The fourth-order valence-corrected chi connectivity index (χ4v) is 1.82. The number of hydrogen-bond acceptors (Lipinski definition) is 1. The molecule has 0 aliphatic heterocycles. The van der Waals surface area contributed by atoms with E-state index in [-0.39, 0.29) is 0 Å². The van der Waals surface area contributed by atoms with Crippen molar-refractivity contribution in [3.05, 3.63) is 59.7 Å². The fraction of sp³-hybridized carbons (Fsp3) is 0.0625. The summed E-state index contributed by atoms with van der Waals surface area (Å²) in [4.78, 5) is 10.5. The highest BCUT2D eigenvalue weighted by Gasteiger charge is 2.04. The molecule has 0 atom stereocenters. The maximum atomic E-state index is 10.5. The third kappa shape index (κ3) is 2.58. The number of carboxylic acids is 1. The van der Waals surface area contributed by atoms with Crippen LogP contribution in [0, 0.1) is 18.8 Å². The lowest BCUT2D eigenvalue weighted by atomic mass is 9.97. The van der Waals surface area contributed by atoms with Gasteiger partial charge in [-0.1, -0.05) is 48.4 Å². The Balaban J connectivity index is 2.50. The van der Waals surface area contributed by atoms with E-state index in [1.165, 1.54) is 0 Å². The lowest BCUT2D eigenvalue weighted by Crippen LogP contribution is -1.90. The van der Waals surface area contributed by atoms with E-state index in [4.69, 9.17) is 5.11 Å². The summed E-state index contributed by atoms with van der Waals surface area (Å²) in [6, 6.07) is 15.7. The Bertz CT molecular complexity index is 631. The number of carbonyl (C=O) groups is 1. The zero-order chi connectivity index (χ0) is 13.0. The maximum absolute atomic E-state index is 10.5. The predicted molar refractivity (Wildman–Crippen MR) is 71.1 cm³/mol. The van der Waals surface area contributed by atoms with Crippen LogP contribution in [0.3, 0.4) is 0 Å². The first-order chi connectivity index (χ1) is 8.68. The lowest BCUT2D eigenvalue weighted by Gasteiger charge is -2.07. The summed E-state index contributed by atoms with van der Waals surface area (Å²) in [7, 11) is 0. The number of rotatable bonds is 1. The van der Waals surface area contributed by atoms with Crippen molar-refractivity contribution >= 4 is 5.97 Å². The van der Waals surface area contributed by atoms with E-state index < -0.39 is 5.97 Å². The molecule has 18 heavy (non-hydrogen) atoms. The first-order valence-electron chi connectivity index (χ1n) is 5.58. The molecule has 0 bridgehead atoms. The van der Waals surface area contributed by atoms with Crippen LogP contribution in [0.1, 0.15) is 11.1 Å². The highest BCUT2D eigenvalue weighted by Crippen LogP contribution is 2.24. The van der Waals surface area contributed by atoms with Crippen molar-refractivity contribution in [3.63, 3.8) is 0 Å². The van der Waals surface area contributed by atoms with Crippen molar-refractivity contribution in [1.82, 2.24) is 0 Å². The summed E-state index contributed by atoms with van der Waals surface area (Å²) in [6.45, 7) is 1.95. The minimum Gasteiger partial charge on any atom is -0.472 e. The molecule has 2 aromatic carbocycles. The van der Waals surface area contributed by atoms with Gasteiger partial charge in [-0.05, 0) is 29.7 Å². The average Bonchev–Trinajstić information content (AvgIpc) is 2.38. The van der Waals surface area contributed by atoms with Gasteiger partial charge in [0.05, 0.1) is 0 Å². The average molecular weight is 236 g/mol. The van der Waals surface area contributed by atoms with Gasteiger partial charge in [-0.3, -0.25) is 0 Å². The second-order valence-electron chi connectivity index (χ2n) is 3.90. The van der Waals surface area contributed by atoms with Gasteiger partial charge >= 0.3 is 5.97 Å². The van der Waals surface area contributed by atoms with E-state index >= 15 is 0 Å². The molecule has 0 amide bonds. The lowest BCUT2D eigenvalue weighted by molar-refractivity contribution is -0.130. The van der Waals surface area contributed by atoms with Crippen LogP contribution in [0.2, 0.25) is 0 Å². The molecule has 0 aromatic heterocycles. The highest BCUT2D eigenvalue weighted by atomic mass is 16.4. The van der Waals surface area contributed by atoms with Crippen molar-refractivity contribution in [2.45, 2.75) is 6.92 Å². The zero-order valence-corrected chi connectivity index (χ0v) is 9.97. The molecule has 2 rings (SSSR count). The molecular weight excluding hydrogens is 224 g/mol. The van der Waals surface area contributed by atoms with Crippen LogP contribution in [0.25, 0.3) is 11.1 Å². The molecule has 0 heterocycles. The van der Waals surface area contributed by atoms with Gasteiger partial charge in [0.2, 0.25) is 0 Å². The van der Waals surface area contributed by atoms with Gasteiger partial charge in [-0.2, -0.15) is 0 Å². The molecule has 0 aliphatic carbocycles. The molecule has 2 heteroatoms. The van der Waals surface area contributed by atoms with Gasteiger partial charge in [-0.15, -0.1) is 0 Å². The molecule has 0 saturated carbocycles. The van der Waals surface area contributed by atoms with Gasteiger partial charge in [-0.25, -0.2) is 4.79 Å². The number of hydrogen-bond donors (Lipinski definition) is 1. The van der Waals surface area contributed by atoms with Crippen molar-refractivity contribution in [1.29, 1.82) is 0 Å². The van der Waals surface area contributed by atoms with E-state index in [1.807, 2.05) is 55.5 Å². The number of benzene rings is 2. The first kappa shape index (κ1) is 11.9. The molecule has 2 aromatic rings. The molecule has 0 aliphatic rings. The van der Waals surface area contributed by atoms with E-state index in [0.717, 1.165) is 22.3 Å². The van der Waals surface area contributed by atoms with Crippen LogP contribution in [0.5, 0.6) is 0 Å². The summed E-state index contributed by atoms with van der Waals surface area (Å²) in [5.41, 5.74) is 3.93. The van der Waals surface area contributed by atoms with Gasteiger partial charge in [0.15, 0.2) is 0 Å². The monoisotopic (exact) mass is 236 g/mol. The Labute approximate surface area is 106 Å². The SMILES string of the molecule is Cc1c(C#CC(=O)O)cccc1-c1ccccc1. The van der Waals surface area contributed by atoms with Crippen molar-refractivity contribution < 1.29 is 9.90 Å². The minimum absolute atomic E-state index is 0.749. The van der Waals surface area contributed by atoms with Crippen molar-refractivity contribution in [3.8, 4) is 23.0 Å². The predicted octanol–water partition coefficient (Wildman–Crippen LogP) is 3.10. The van der Waals surface area contributed by atoms with Gasteiger partial charge in [0.1, 0.15) is 0 Å². The topological polar surface area (TPSA) is 37.3 Å². The quantitative estimate of drug-likeness (QED) is 0.772. The Morgan fingerprint density at radius 2 is 1.78 bits per heavy atom. The van der Waals surface area contributed by atoms with Gasteiger partial charge in [0.25, 0.3) is 0 Å². The van der Waals surface area contributed by atoms with Crippen LogP contribution in [-0.2, 0) is 4.79 Å². The van der Waals surface area contributed by atoms with Crippen LogP contribution >= 0.6 is 0 Å². The Kier molecular flexibility index (Phi) is 3.45. The third-order valence-corrected chi connectivity index (χ3v) is 2.72. The molecule has 2 nitrogen and oxygen atoms in total. The Hall–Kier alpha value is -2.53. The van der Waals surface area contributed by atoms with Crippen LogP contribution in [0.4, 0.5) is 0 Å². The molecule has 0 unspecified atom stereocenters. The minimum atomic E-state index is -1.11. The van der Waals surface area contributed by atoms with Gasteiger partial charge in [0, 0.05) is 11.5 Å². The smallest absolute Gasteiger partial charge is 0.382 e. The number of aliphatic carboxylic acids is 1. The second-order valence-corrected chi connectivity index (χ2v) is 3.90. The normalized spacial score (nSPS) is 9.39. The van der Waals surface area contributed by atoms with E-state index in [2.05, 4.69) is 11.8 Å². The highest BCUT2D eigenvalue weighted by molar-refractivity contribution is 5.87. The van der Waals surface area contributed by atoms with Crippen LogP contribution in [-0.4, -0.2) is 11.1 Å². The largest absolute Gasteiger partial charge is 0.472 e. The Morgan fingerprint density at radius 3 is 2.44 bits per heavy atom. The standard InChI is InChI=1S/C16H12O2/c1-12-13(10-11-16(17)18)8-5-9-15(12)14-6-3-2-4-7-14/h2-9H,1H3,(H,17,18). The fourth-order valence-electron chi connectivity index (χ4n) is 1.82. The summed E-state index contributed by atoms with van der Waals surface area (Å²) < 4.78 is 0. The summed E-state index contributed by atoms with van der Waals surface area (Å²) in [5, 5.41) is 8.58. The first-order valence-corrected chi connectivity index (χ1v) is 5.58. The molecular formula is C16H12O2. The van der Waals surface area contributed by atoms with Crippen LogP contribution < -0.4 is 0 Å². The van der Waals surface area contributed by atoms with E-state index in [9.17, 15) is 4.79 Å². The Morgan fingerprint density at radius 1 is 1.06 bits per heavy atom. The summed E-state index contributed by atoms with van der Waals surface area (Å²) >= 11 is 0. The molecule has 0 saturated heterocycles. The summed E-state index contributed by atoms with van der Waals surface area (Å²) in [5.74, 6) is 3.71. The maximum Gasteiger partial charge on any atom is 0.382 e. The number of carboxylic acid groups (broad SMARTS) is 1. The molecule has 0 radical (unpaired) electrons. The van der Waals surface area contributed by atoms with Crippen molar-refractivity contribution in [2.75, 3.05) is 0 Å². The molecule has 0 fully saturated rings. The van der Waals surface area contributed by atoms with Gasteiger partial charge < -0.3 is 5.11 Å². The molecule has 88 valence electrons. The van der Waals surface area contributed by atoms with E-state index in [0.29, 0.717) is 0 Å². The third-order valence-electron chi connectivity index (χ3n) is 2.72. The zero-order valence-electron chi connectivity index (χ0n) is 9.97. The van der Waals surface area contributed by atoms with Crippen molar-refractivity contribution in [2.24, 2.45) is 0 Å².